The van der Waals surface area contributed by atoms with Crippen LogP contribution in [-0.4, -0.2) is 7.05 Å². The Balaban J connectivity index is 2.32. The molecule has 2 rings (SSSR count). The topological polar surface area (TPSA) is 12.0 Å². The number of hydrogen-bond donors (Lipinski definition) is 1. The van der Waals surface area contributed by atoms with Crippen LogP contribution >= 0.6 is 27.3 Å². The second-order valence-corrected chi connectivity index (χ2v) is 6.94. The molecule has 0 aliphatic heterocycles. The molecular formula is C14H14BrF2NS. The third kappa shape index (κ3) is 3.22. The Morgan fingerprint density at radius 2 is 1.95 bits per heavy atom. The van der Waals surface area contributed by atoms with Gasteiger partial charge in [-0.3, -0.25) is 0 Å². The Morgan fingerprint density at radius 1 is 1.32 bits per heavy atom. The lowest BCUT2D eigenvalue weighted by molar-refractivity contribution is 0.515. The van der Waals surface area contributed by atoms with Gasteiger partial charge in [0.1, 0.15) is 11.6 Å². The molecule has 0 saturated carbocycles. The van der Waals surface area contributed by atoms with E-state index >= 15 is 0 Å². The van der Waals surface area contributed by atoms with Gasteiger partial charge in [0.2, 0.25) is 0 Å². The van der Waals surface area contributed by atoms with Crippen molar-refractivity contribution in [2.75, 3.05) is 7.05 Å². The molecule has 1 N–H and O–H groups in total. The number of likely N-dealkylation sites (N-methyl/N-ethyl adjacent to an activating group) is 1. The van der Waals surface area contributed by atoms with Crippen LogP contribution in [0.4, 0.5) is 8.78 Å². The van der Waals surface area contributed by atoms with Gasteiger partial charge in [0.15, 0.2) is 0 Å². The molecule has 0 saturated heterocycles. The number of halogens is 3. The summed E-state index contributed by atoms with van der Waals surface area (Å²) >= 11 is 5.06. The van der Waals surface area contributed by atoms with Crippen LogP contribution in [0.3, 0.4) is 0 Å². The van der Waals surface area contributed by atoms with E-state index in [0.29, 0.717) is 6.42 Å². The van der Waals surface area contributed by atoms with E-state index < -0.39 is 11.6 Å². The molecular weight excluding hydrogens is 332 g/mol. The first kappa shape index (κ1) is 14.6. The molecule has 0 spiro atoms. The van der Waals surface area contributed by atoms with Crippen LogP contribution in [0.5, 0.6) is 0 Å². The minimum absolute atomic E-state index is 0.103. The van der Waals surface area contributed by atoms with Gasteiger partial charge in [-0.15, -0.1) is 11.3 Å². The fourth-order valence-corrected chi connectivity index (χ4v) is 3.88. The fraction of sp³-hybridized carbons (Fsp3) is 0.286. The molecule has 0 amide bonds. The zero-order valence-corrected chi connectivity index (χ0v) is 13.0. The van der Waals surface area contributed by atoms with Crippen LogP contribution < -0.4 is 5.32 Å². The number of hydrogen-bond acceptors (Lipinski definition) is 2. The van der Waals surface area contributed by atoms with Gasteiger partial charge < -0.3 is 5.32 Å². The second-order valence-electron chi connectivity index (χ2n) is 4.31. The maximum atomic E-state index is 13.7. The number of aryl methyl sites for hydroxylation is 1. The van der Waals surface area contributed by atoms with E-state index in [0.717, 1.165) is 14.2 Å². The monoisotopic (exact) mass is 345 g/mol. The van der Waals surface area contributed by atoms with Crippen molar-refractivity contribution in [2.24, 2.45) is 0 Å². The smallest absolute Gasteiger partial charge is 0.129 e. The third-order valence-corrected chi connectivity index (χ3v) is 4.69. The lowest BCUT2D eigenvalue weighted by atomic mass is 9.99. The molecule has 1 atom stereocenters. The normalized spacial score (nSPS) is 12.7. The number of rotatable bonds is 4. The Labute approximate surface area is 123 Å². The van der Waals surface area contributed by atoms with Gasteiger partial charge in [0, 0.05) is 16.5 Å². The quantitative estimate of drug-likeness (QED) is 0.853. The van der Waals surface area contributed by atoms with Crippen molar-refractivity contribution in [2.45, 2.75) is 19.4 Å². The van der Waals surface area contributed by atoms with Crippen molar-refractivity contribution >= 4 is 27.3 Å². The Kier molecular flexibility index (Phi) is 4.71. The summed E-state index contributed by atoms with van der Waals surface area (Å²) in [5.74, 6) is -0.987. The highest BCUT2D eigenvalue weighted by Gasteiger charge is 2.19. The zero-order valence-electron chi connectivity index (χ0n) is 10.6. The average molecular weight is 346 g/mol. The molecule has 0 radical (unpaired) electrons. The molecule has 0 aliphatic carbocycles. The SMILES string of the molecule is CNC(Cc1c(F)cccc1F)c1cc(Br)sc1C. The Bertz CT molecular complexity index is 563. The van der Waals surface area contributed by atoms with Crippen molar-refractivity contribution in [3.8, 4) is 0 Å². The second kappa shape index (κ2) is 6.11. The lowest BCUT2D eigenvalue weighted by Crippen LogP contribution is -2.20. The molecule has 1 heterocycles. The summed E-state index contributed by atoms with van der Waals surface area (Å²) in [5, 5.41) is 3.13. The molecule has 0 bridgehead atoms. The predicted octanol–water partition coefficient (Wildman–Crippen LogP) is 4.60. The van der Waals surface area contributed by atoms with E-state index in [-0.39, 0.29) is 11.6 Å². The van der Waals surface area contributed by atoms with Crippen LogP contribution in [0.25, 0.3) is 0 Å². The van der Waals surface area contributed by atoms with Gasteiger partial charge in [-0.1, -0.05) is 6.07 Å². The molecule has 102 valence electrons. The summed E-state index contributed by atoms with van der Waals surface area (Å²) in [4.78, 5) is 1.14. The first-order valence-electron chi connectivity index (χ1n) is 5.89. The summed E-state index contributed by atoms with van der Waals surface area (Å²) in [6, 6.07) is 5.87. The molecule has 2 aromatic rings. The molecule has 1 aromatic heterocycles. The minimum atomic E-state index is -0.493. The van der Waals surface area contributed by atoms with E-state index in [1.807, 2.05) is 13.0 Å². The van der Waals surface area contributed by atoms with Crippen LogP contribution in [0.15, 0.2) is 28.1 Å². The standard InChI is InChI=1S/C14H14BrF2NS/c1-8-9(7-14(15)19-8)13(18-2)6-10-11(16)4-3-5-12(10)17/h3-5,7,13,18H,6H2,1-2H3. The average Bonchev–Trinajstić information content (AvgIpc) is 2.68. The van der Waals surface area contributed by atoms with Crippen LogP contribution in [0.2, 0.25) is 0 Å². The first-order chi connectivity index (χ1) is 9.02. The summed E-state index contributed by atoms with van der Waals surface area (Å²) < 4.78 is 28.4. The van der Waals surface area contributed by atoms with Gasteiger partial charge >= 0.3 is 0 Å². The van der Waals surface area contributed by atoms with Crippen molar-refractivity contribution in [1.29, 1.82) is 0 Å². The van der Waals surface area contributed by atoms with Gasteiger partial charge in [0.05, 0.1) is 3.79 Å². The molecule has 0 fully saturated rings. The largest absolute Gasteiger partial charge is 0.313 e. The fourth-order valence-electron chi connectivity index (χ4n) is 2.10. The summed E-state index contributed by atoms with van der Waals surface area (Å²) in [7, 11) is 1.80. The van der Waals surface area contributed by atoms with Gasteiger partial charge in [0.25, 0.3) is 0 Å². The highest BCUT2D eigenvalue weighted by Crippen LogP contribution is 2.32. The number of benzene rings is 1. The molecule has 5 heteroatoms. The van der Waals surface area contributed by atoms with E-state index in [9.17, 15) is 8.78 Å². The first-order valence-corrected chi connectivity index (χ1v) is 7.50. The molecule has 1 aromatic carbocycles. The zero-order chi connectivity index (χ0) is 14.0. The molecule has 19 heavy (non-hydrogen) atoms. The van der Waals surface area contributed by atoms with Crippen LogP contribution in [-0.2, 0) is 6.42 Å². The van der Waals surface area contributed by atoms with Crippen molar-refractivity contribution in [3.05, 3.63) is 55.7 Å². The predicted molar refractivity (Wildman–Crippen MR) is 78.6 cm³/mol. The summed E-state index contributed by atoms with van der Waals surface area (Å²) in [5.41, 5.74) is 1.20. The van der Waals surface area contributed by atoms with E-state index in [1.54, 1.807) is 18.4 Å². The molecule has 1 nitrogen and oxygen atoms in total. The maximum absolute atomic E-state index is 13.7. The van der Waals surface area contributed by atoms with Gasteiger partial charge in [-0.25, -0.2) is 8.78 Å². The highest BCUT2D eigenvalue weighted by atomic mass is 79.9. The summed E-state index contributed by atoms with van der Waals surface area (Å²) in [6.45, 7) is 2.01. The van der Waals surface area contributed by atoms with Crippen LogP contribution in [0, 0.1) is 18.6 Å². The molecule has 0 aliphatic rings. The number of nitrogens with one attached hydrogen (secondary N) is 1. The van der Waals surface area contributed by atoms with Crippen molar-refractivity contribution < 1.29 is 8.78 Å². The van der Waals surface area contributed by atoms with E-state index in [4.69, 9.17) is 0 Å². The third-order valence-electron chi connectivity index (χ3n) is 3.12. The highest BCUT2D eigenvalue weighted by molar-refractivity contribution is 9.11. The number of thiophene rings is 1. The van der Waals surface area contributed by atoms with Crippen LogP contribution in [0.1, 0.15) is 22.0 Å². The van der Waals surface area contributed by atoms with E-state index in [2.05, 4.69) is 21.2 Å². The van der Waals surface area contributed by atoms with Gasteiger partial charge in [-0.05, 0) is 60.1 Å². The van der Waals surface area contributed by atoms with E-state index in [1.165, 1.54) is 18.2 Å². The lowest BCUT2D eigenvalue weighted by Gasteiger charge is -2.17. The van der Waals surface area contributed by atoms with Crippen molar-refractivity contribution in [3.63, 3.8) is 0 Å². The maximum Gasteiger partial charge on any atom is 0.129 e. The van der Waals surface area contributed by atoms with Gasteiger partial charge in [-0.2, -0.15) is 0 Å². The Hall–Kier alpha value is -0.780. The minimum Gasteiger partial charge on any atom is -0.313 e. The summed E-state index contributed by atoms with van der Waals surface area (Å²) in [6.07, 6.45) is 0.291. The Morgan fingerprint density at radius 3 is 2.42 bits per heavy atom. The van der Waals surface area contributed by atoms with Crippen molar-refractivity contribution in [1.82, 2.24) is 5.32 Å². The molecule has 1 unspecified atom stereocenters.